The van der Waals surface area contributed by atoms with E-state index in [4.69, 9.17) is 0 Å². The molecule has 11 heteroatoms. The van der Waals surface area contributed by atoms with Crippen LogP contribution in [0.15, 0.2) is 35.5 Å². The summed E-state index contributed by atoms with van der Waals surface area (Å²) in [6, 6.07) is 2.68. The topological polar surface area (TPSA) is 112 Å². The summed E-state index contributed by atoms with van der Waals surface area (Å²) in [5.74, 6) is -3.29. The van der Waals surface area contributed by atoms with Gasteiger partial charge in [0, 0.05) is 87.2 Å². The number of benzene rings is 1. The van der Waals surface area contributed by atoms with Crippen LogP contribution in [0.1, 0.15) is 21.6 Å². The van der Waals surface area contributed by atoms with E-state index in [0.29, 0.717) is 45.7 Å². The molecule has 5 rings (SSSR count). The Kier molecular flexibility index (Phi) is 5.35. The van der Waals surface area contributed by atoms with Crippen LogP contribution in [-0.4, -0.2) is 53.9 Å². The molecule has 0 atom stereocenters. The second-order valence-corrected chi connectivity index (χ2v) is 8.60. The van der Waals surface area contributed by atoms with Gasteiger partial charge in [-0.2, -0.15) is 0 Å². The van der Waals surface area contributed by atoms with Gasteiger partial charge >= 0.3 is 5.97 Å². The largest absolute Gasteiger partial charge is 0.477 e. The lowest BCUT2D eigenvalue weighted by atomic mass is 9.97. The van der Waals surface area contributed by atoms with Crippen molar-refractivity contribution in [1.29, 1.82) is 0 Å². The van der Waals surface area contributed by atoms with E-state index < -0.39 is 28.6 Å². The molecular formula is C25H22F2N6O3. The first kappa shape index (κ1) is 23.2. The molecule has 0 radical (unpaired) electrons. The number of nitrogens with zero attached hydrogens (tertiary/aromatic N) is 4. The fraction of sp³-hybridized carbons (Fsp3) is 0.200. The van der Waals surface area contributed by atoms with Crippen LogP contribution >= 0.6 is 0 Å². The summed E-state index contributed by atoms with van der Waals surface area (Å²) < 4.78 is 31.0. The summed E-state index contributed by atoms with van der Waals surface area (Å²) >= 11 is 0. The minimum absolute atomic E-state index is 0.0852. The fourth-order valence-electron chi connectivity index (χ4n) is 4.79. The summed E-state index contributed by atoms with van der Waals surface area (Å²) in [4.78, 5) is 35.3. The van der Waals surface area contributed by atoms with Crippen molar-refractivity contribution in [3.8, 4) is 22.3 Å². The molecule has 3 aromatic heterocycles. The van der Waals surface area contributed by atoms with Gasteiger partial charge in [0.25, 0.3) is 0 Å². The monoisotopic (exact) mass is 492 g/mol. The Labute approximate surface area is 204 Å². The first-order valence-corrected chi connectivity index (χ1v) is 11.0. The van der Waals surface area contributed by atoms with E-state index in [1.54, 1.807) is 39.3 Å². The average Bonchev–Trinajstić information content (AvgIpc) is 3.25. The van der Waals surface area contributed by atoms with Crippen LogP contribution in [-0.2, 0) is 6.42 Å². The molecule has 0 saturated heterocycles. The third-order valence-corrected chi connectivity index (χ3v) is 6.39. The van der Waals surface area contributed by atoms with Gasteiger partial charge in [-0.1, -0.05) is 0 Å². The molecule has 1 aliphatic carbocycles. The molecule has 0 aliphatic heterocycles. The molecular weight excluding hydrogens is 470 g/mol. The van der Waals surface area contributed by atoms with Gasteiger partial charge in [-0.3, -0.25) is 9.78 Å². The SMILES string of the molecule is CNc1cc(F)c(F)c2c1Cc1ncc(-c3cnc4c(c3)c(=O)c(C(=O)O)cn4NC)c(N(C)C)c1-2. The Morgan fingerprint density at radius 3 is 2.53 bits per heavy atom. The predicted octanol–water partition coefficient (Wildman–Crippen LogP) is 3.29. The predicted molar refractivity (Wildman–Crippen MR) is 134 cm³/mol. The number of carboxylic acid groups (broad SMARTS) is 1. The summed E-state index contributed by atoms with van der Waals surface area (Å²) in [7, 11) is 6.77. The van der Waals surface area contributed by atoms with Crippen molar-refractivity contribution in [2.24, 2.45) is 0 Å². The molecule has 184 valence electrons. The average molecular weight is 492 g/mol. The molecule has 0 unspecified atom stereocenters. The lowest BCUT2D eigenvalue weighted by Crippen LogP contribution is -2.22. The summed E-state index contributed by atoms with van der Waals surface area (Å²) in [6.45, 7) is 0. The van der Waals surface area contributed by atoms with Gasteiger partial charge in [0.15, 0.2) is 17.3 Å². The van der Waals surface area contributed by atoms with Gasteiger partial charge in [0.05, 0.1) is 16.8 Å². The Morgan fingerprint density at radius 2 is 1.89 bits per heavy atom. The van der Waals surface area contributed by atoms with Crippen molar-refractivity contribution in [3.05, 3.63) is 69.4 Å². The first-order chi connectivity index (χ1) is 17.2. The number of hydrogen-bond donors (Lipinski definition) is 3. The van der Waals surface area contributed by atoms with Crippen molar-refractivity contribution in [2.75, 3.05) is 43.8 Å². The number of aromatic nitrogens is 3. The Hall–Kier alpha value is -4.54. The smallest absolute Gasteiger partial charge is 0.341 e. The number of nitrogens with one attached hydrogen (secondary N) is 2. The first-order valence-electron chi connectivity index (χ1n) is 11.0. The van der Waals surface area contributed by atoms with Crippen LogP contribution in [0.3, 0.4) is 0 Å². The maximum atomic E-state index is 15.2. The molecule has 0 fully saturated rings. The van der Waals surface area contributed by atoms with E-state index in [1.807, 2.05) is 0 Å². The number of pyridine rings is 3. The highest BCUT2D eigenvalue weighted by molar-refractivity contribution is 5.98. The van der Waals surface area contributed by atoms with Crippen LogP contribution < -0.4 is 21.1 Å². The van der Waals surface area contributed by atoms with E-state index in [1.165, 1.54) is 23.1 Å². The van der Waals surface area contributed by atoms with E-state index in [0.717, 1.165) is 6.07 Å². The number of carboxylic acids is 1. The maximum absolute atomic E-state index is 15.2. The van der Waals surface area contributed by atoms with Crippen LogP contribution in [0.25, 0.3) is 33.3 Å². The van der Waals surface area contributed by atoms with Gasteiger partial charge in [0.1, 0.15) is 5.56 Å². The number of fused-ring (bicyclic) bond motifs is 4. The van der Waals surface area contributed by atoms with Gasteiger partial charge in [0.2, 0.25) is 5.43 Å². The number of halogens is 2. The van der Waals surface area contributed by atoms with Crippen LogP contribution in [0.4, 0.5) is 20.2 Å². The molecule has 3 N–H and O–H groups in total. The summed E-state index contributed by atoms with van der Waals surface area (Å²) in [5, 5.41) is 12.5. The molecule has 1 aliphatic rings. The number of rotatable bonds is 5. The zero-order chi connectivity index (χ0) is 25.9. The molecule has 0 saturated carbocycles. The minimum Gasteiger partial charge on any atom is -0.477 e. The maximum Gasteiger partial charge on any atom is 0.341 e. The molecule has 0 bridgehead atoms. The summed E-state index contributed by atoms with van der Waals surface area (Å²) in [6.07, 6.45) is 4.64. The van der Waals surface area contributed by atoms with Crippen molar-refractivity contribution < 1.29 is 18.7 Å². The lowest BCUT2D eigenvalue weighted by Gasteiger charge is -2.22. The van der Waals surface area contributed by atoms with Crippen LogP contribution in [0.2, 0.25) is 0 Å². The second kappa shape index (κ2) is 8.29. The highest BCUT2D eigenvalue weighted by Gasteiger charge is 2.32. The van der Waals surface area contributed by atoms with E-state index in [-0.39, 0.29) is 16.6 Å². The Balaban J connectivity index is 1.82. The molecule has 36 heavy (non-hydrogen) atoms. The third kappa shape index (κ3) is 3.27. The third-order valence-electron chi connectivity index (χ3n) is 6.39. The summed E-state index contributed by atoms with van der Waals surface area (Å²) in [5.41, 5.74) is 5.83. The Bertz CT molecular complexity index is 1650. The second-order valence-electron chi connectivity index (χ2n) is 8.60. The van der Waals surface area contributed by atoms with E-state index in [2.05, 4.69) is 20.7 Å². The lowest BCUT2D eigenvalue weighted by molar-refractivity contribution is 0.0695. The molecule has 0 amide bonds. The molecule has 9 nitrogen and oxygen atoms in total. The number of hydrogen-bond acceptors (Lipinski definition) is 7. The normalized spacial score (nSPS) is 11.8. The van der Waals surface area contributed by atoms with E-state index >= 15 is 4.39 Å². The minimum atomic E-state index is -1.36. The number of carbonyl (C=O) groups is 1. The van der Waals surface area contributed by atoms with Crippen molar-refractivity contribution in [2.45, 2.75) is 6.42 Å². The van der Waals surface area contributed by atoms with Crippen LogP contribution in [0.5, 0.6) is 0 Å². The zero-order valence-electron chi connectivity index (χ0n) is 19.9. The molecule has 0 spiro atoms. The van der Waals surface area contributed by atoms with Crippen LogP contribution in [0, 0.1) is 11.6 Å². The van der Waals surface area contributed by atoms with E-state index in [9.17, 15) is 19.1 Å². The number of aromatic carboxylic acids is 1. The van der Waals surface area contributed by atoms with Crippen molar-refractivity contribution in [3.63, 3.8) is 0 Å². The van der Waals surface area contributed by atoms with Gasteiger partial charge in [-0.05, 0) is 11.6 Å². The molecule has 4 aromatic rings. The standard InChI is InChI=1S/C25H22F2N6O3/c1-28-17-7-16(26)21(27)19-12(17)6-18-20(19)22(32(3)4)14(9-30-18)11-5-13-23(34)15(25(35)36)10-33(29-2)24(13)31-8-11/h5,7-10,28-29H,6H2,1-4H3,(H,35,36). The molecule has 3 heterocycles. The highest BCUT2D eigenvalue weighted by Crippen LogP contribution is 2.49. The van der Waals surface area contributed by atoms with Crippen molar-refractivity contribution in [1.82, 2.24) is 14.6 Å². The number of anilines is 2. The zero-order valence-corrected chi connectivity index (χ0v) is 19.9. The fourth-order valence-corrected chi connectivity index (χ4v) is 4.79. The van der Waals surface area contributed by atoms with Gasteiger partial charge in [-0.25, -0.2) is 23.2 Å². The van der Waals surface area contributed by atoms with Gasteiger partial charge < -0.3 is 20.7 Å². The Morgan fingerprint density at radius 1 is 1.14 bits per heavy atom. The quantitative estimate of drug-likeness (QED) is 0.343. The van der Waals surface area contributed by atoms with Crippen molar-refractivity contribution >= 4 is 28.4 Å². The van der Waals surface area contributed by atoms with Gasteiger partial charge in [-0.15, -0.1) is 0 Å². The highest BCUT2D eigenvalue weighted by atomic mass is 19.2. The molecule has 1 aromatic carbocycles.